The first-order valence-corrected chi connectivity index (χ1v) is 6.53. The summed E-state index contributed by atoms with van der Waals surface area (Å²) in [6.07, 6.45) is 1.72. The summed E-state index contributed by atoms with van der Waals surface area (Å²) >= 11 is 0. The van der Waals surface area contributed by atoms with E-state index in [2.05, 4.69) is 4.90 Å². The van der Waals surface area contributed by atoms with Crippen molar-refractivity contribution in [2.75, 3.05) is 39.5 Å². The highest BCUT2D eigenvalue weighted by atomic mass is 16.5. The van der Waals surface area contributed by atoms with Gasteiger partial charge in [0.25, 0.3) is 0 Å². The summed E-state index contributed by atoms with van der Waals surface area (Å²) in [4.78, 5) is 14.2. The molecule has 1 aliphatic rings. The molecule has 0 saturated carbocycles. The second-order valence-electron chi connectivity index (χ2n) is 5.22. The van der Waals surface area contributed by atoms with E-state index in [4.69, 9.17) is 9.47 Å². The Hall–Kier alpha value is -0.610. The zero-order chi connectivity index (χ0) is 12.7. The third-order valence-corrected chi connectivity index (χ3v) is 3.15. The fraction of sp³-hybridized carbons (Fsp3) is 0.923. The molecule has 0 aromatic heterocycles. The van der Waals surface area contributed by atoms with Crippen LogP contribution in [0.1, 0.15) is 33.6 Å². The number of nitrogens with zero attached hydrogens (tertiary/aromatic N) is 1. The molecule has 0 amide bonds. The summed E-state index contributed by atoms with van der Waals surface area (Å²) in [6, 6.07) is 0. The van der Waals surface area contributed by atoms with Crippen molar-refractivity contribution in [2.45, 2.75) is 33.6 Å². The Labute approximate surface area is 104 Å². The molecule has 0 radical (unpaired) electrons. The average molecular weight is 243 g/mol. The lowest BCUT2D eigenvalue weighted by Gasteiger charge is -2.30. The smallest absolute Gasteiger partial charge is 0.311 e. The molecule has 0 unspecified atom stereocenters. The van der Waals surface area contributed by atoms with Gasteiger partial charge in [-0.2, -0.15) is 0 Å². The molecule has 1 saturated heterocycles. The quantitative estimate of drug-likeness (QED) is 0.665. The van der Waals surface area contributed by atoms with Gasteiger partial charge in [0.1, 0.15) is 0 Å². The second kappa shape index (κ2) is 6.97. The van der Waals surface area contributed by atoms with Gasteiger partial charge in [-0.1, -0.05) is 6.92 Å². The second-order valence-corrected chi connectivity index (χ2v) is 5.22. The van der Waals surface area contributed by atoms with Crippen molar-refractivity contribution in [3.63, 3.8) is 0 Å². The van der Waals surface area contributed by atoms with Crippen LogP contribution in [0.2, 0.25) is 0 Å². The van der Waals surface area contributed by atoms with Crippen LogP contribution in [0, 0.1) is 5.41 Å². The minimum absolute atomic E-state index is 0.0763. The highest BCUT2D eigenvalue weighted by molar-refractivity contribution is 5.75. The predicted molar refractivity (Wildman–Crippen MR) is 66.9 cm³/mol. The number of rotatable bonds is 6. The summed E-state index contributed by atoms with van der Waals surface area (Å²) < 4.78 is 10.5. The molecule has 0 N–H and O–H groups in total. The molecule has 17 heavy (non-hydrogen) atoms. The van der Waals surface area contributed by atoms with Crippen LogP contribution in [-0.2, 0) is 14.3 Å². The van der Waals surface area contributed by atoms with Crippen molar-refractivity contribution >= 4 is 5.97 Å². The molecule has 0 aromatic rings. The Kier molecular flexibility index (Phi) is 5.92. The van der Waals surface area contributed by atoms with Crippen molar-refractivity contribution in [3.8, 4) is 0 Å². The normalized spacial score (nSPS) is 18.1. The van der Waals surface area contributed by atoms with E-state index >= 15 is 0 Å². The standard InChI is InChI=1S/C13H25NO3/c1-4-9-17-12(15)13(2,3)5-6-14-7-10-16-11-8-14/h4-11H2,1-3H3. The molecule has 0 aromatic carbocycles. The number of esters is 1. The largest absolute Gasteiger partial charge is 0.465 e. The summed E-state index contributed by atoms with van der Waals surface area (Å²) in [5.41, 5.74) is -0.381. The van der Waals surface area contributed by atoms with Gasteiger partial charge in [-0.05, 0) is 33.2 Å². The molecule has 0 bridgehead atoms. The number of carbonyl (C=O) groups excluding carboxylic acids is 1. The van der Waals surface area contributed by atoms with Crippen LogP contribution in [0.15, 0.2) is 0 Å². The van der Waals surface area contributed by atoms with E-state index in [-0.39, 0.29) is 11.4 Å². The summed E-state index contributed by atoms with van der Waals surface area (Å²) in [7, 11) is 0. The monoisotopic (exact) mass is 243 g/mol. The summed E-state index contributed by atoms with van der Waals surface area (Å²) in [6.45, 7) is 11.0. The first-order chi connectivity index (χ1) is 8.06. The Balaban J connectivity index is 2.29. The van der Waals surface area contributed by atoms with Crippen molar-refractivity contribution < 1.29 is 14.3 Å². The Morgan fingerprint density at radius 2 is 2.00 bits per heavy atom. The highest BCUT2D eigenvalue weighted by Crippen LogP contribution is 2.23. The zero-order valence-corrected chi connectivity index (χ0v) is 11.3. The van der Waals surface area contributed by atoms with Crippen molar-refractivity contribution in [2.24, 2.45) is 5.41 Å². The SMILES string of the molecule is CCCOC(=O)C(C)(C)CCN1CCOCC1. The van der Waals surface area contributed by atoms with E-state index in [0.717, 1.165) is 45.7 Å². The van der Waals surface area contributed by atoms with Crippen LogP contribution in [0.4, 0.5) is 0 Å². The van der Waals surface area contributed by atoms with Gasteiger partial charge in [0.2, 0.25) is 0 Å². The van der Waals surface area contributed by atoms with Crippen LogP contribution in [0.25, 0.3) is 0 Å². The first-order valence-electron chi connectivity index (χ1n) is 6.53. The molecule has 100 valence electrons. The maximum atomic E-state index is 11.8. The van der Waals surface area contributed by atoms with Gasteiger partial charge < -0.3 is 9.47 Å². The van der Waals surface area contributed by atoms with Crippen LogP contribution in [-0.4, -0.2) is 50.3 Å². The van der Waals surface area contributed by atoms with Gasteiger partial charge in [0.05, 0.1) is 25.2 Å². The third kappa shape index (κ3) is 5.04. The van der Waals surface area contributed by atoms with Crippen molar-refractivity contribution in [1.82, 2.24) is 4.90 Å². The Morgan fingerprint density at radius 1 is 1.35 bits per heavy atom. The number of morpholine rings is 1. The molecule has 1 fully saturated rings. The van der Waals surface area contributed by atoms with E-state index < -0.39 is 0 Å². The molecule has 4 heteroatoms. The number of carbonyl (C=O) groups is 1. The number of hydrogen-bond donors (Lipinski definition) is 0. The first kappa shape index (κ1) is 14.5. The van der Waals surface area contributed by atoms with Gasteiger partial charge in [0.15, 0.2) is 0 Å². The predicted octanol–water partition coefficient (Wildman–Crippen LogP) is 1.69. The third-order valence-electron chi connectivity index (χ3n) is 3.15. The van der Waals surface area contributed by atoms with Crippen LogP contribution in [0.5, 0.6) is 0 Å². The van der Waals surface area contributed by atoms with Gasteiger partial charge in [0, 0.05) is 13.1 Å². The van der Waals surface area contributed by atoms with E-state index in [1.54, 1.807) is 0 Å². The van der Waals surface area contributed by atoms with Gasteiger partial charge >= 0.3 is 5.97 Å². The zero-order valence-electron chi connectivity index (χ0n) is 11.3. The molecule has 4 nitrogen and oxygen atoms in total. The van der Waals surface area contributed by atoms with Crippen LogP contribution >= 0.6 is 0 Å². The fourth-order valence-corrected chi connectivity index (χ4v) is 1.75. The minimum atomic E-state index is -0.381. The molecule has 1 heterocycles. The lowest BCUT2D eigenvalue weighted by atomic mass is 9.89. The van der Waals surface area contributed by atoms with E-state index in [9.17, 15) is 4.79 Å². The summed E-state index contributed by atoms with van der Waals surface area (Å²) in [5, 5.41) is 0. The number of ether oxygens (including phenoxy) is 2. The van der Waals surface area contributed by atoms with Crippen molar-refractivity contribution in [1.29, 1.82) is 0 Å². The average Bonchev–Trinajstić information content (AvgIpc) is 2.35. The Bertz CT molecular complexity index is 235. The molecule has 1 aliphatic heterocycles. The van der Waals surface area contributed by atoms with Crippen LogP contribution < -0.4 is 0 Å². The molecule has 0 aliphatic carbocycles. The summed E-state index contributed by atoms with van der Waals surface area (Å²) in [5.74, 6) is -0.0763. The molecular weight excluding hydrogens is 218 g/mol. The van der Waals surface area contributed by atoms with Crippen molar-refractivity contribution in [3.05, 3.63) is 0 Å². The minimum Gasteiger partial charge on any atom is -0.465 e. The maximum absolute atomic E-state index is 11.8. The lowest BCUT2D eigenvalue weighted by molar-refractivity contribution is -0.154. The highest BCUT2D eigenvalue weighted by Gasteiger charge is 2.29. The number of hydrogen-bond acceptors (Lipinski definition) is 4. The fourth-order valence-electron chi connectivity index (χ4n) is 1.75. The topological polar surface area (TPSA) is 38.8 Å². The van der Waals surface area contributed by atoms with Gasteiger partial charge in [-0.15, -0.1) is 0 Å². The van der Waals surface area contributed by atoms with E-state index in [0.29, 0.717) is 6.61 Å². The molecule has 0 spiro atoms. The van der Waals surface area contributed by atoms with Crippen LogP contribution in [0.3, 0.4) is 0 Å². The lowest BCUT2D eigenvalue weighted by Crippen LogP contribution is -2.39. The van der Waals surface area contributed by atoms with E-state index in [1.807, 2.05) is 20.8 Å². The van der Waals surface area contributed by atoms with Gasteiger partial charge in [-0.25, -0.2) is 0 Å². The van der Waals surface area contributed by atoms with E-state index in [1.165, 1.54) is 0 Å². The molecule has 0 atom stereocenters. The molecular formula is C13H25NO3. The molecule has 1 rings (SSSR count). The Morgan fingerprint density at radius 3 is 2.59 bits per heavy atom. The van der Waals surface area contributed by atoms with Gasteiger partial charge in [-0.3, -0.25) is 9.69 Å². The maximum Gasteiger partial charge on any atom is 0.311 e.